The van der Waals surface area contributed by atoms with E-state index in [0.717, 1.165) is 25.7 Å². The van der Waals surface area contributed by atoms with Crippen molar-refractivity contribution in [1.82, 2.24) is 0 Å². The van der Waals surface area contributed by atoms with Gasteiger partial charge in [-0.3, -0.25) is 0 Å². The van der Waals surface area contributed by atoms with Crippen LogP contribution in [-0.2, 0) is 9.53 Å². The third-order valence-corrected chi connectivity index (χ3v) is 5.06. The van der Waals surface area contributed by atoms with Crippen LogP contribution >= 0.6 is 0 Å². The summed E-state index contributed by atoms with van der Waals surface area (Å²) in [6.07, 6.45) is 19.7. The number of hydrogen-bond acceptors (Lipinski definition) is 3. The van der Waals surface area contributed by atoms with E-state index in [1.54, 1.807) is 13.0 Å². The molecule has 0 aliphatic rings. The molecule has 0 bridgehead atoms. The van der Waals surface area contributed by atoms with Gasteiger partial charge in [-0.15, -0.1) is 0 Å². The van der Waals surface area contributed by atoms with Crippen LogP contribution in [0, 0.1) is 0 Å². The van der Waals surface area contributed by atoms with Crippen molar-refractivity contribution in [2.24, 2.45) is 0 Å². The molecule has 0 aromatic carbocycles. The first-order chi connectivity index (χ1) is 12.6. The third kappa shape index (κ3) is 16.6. The molecule has 3 heteroatoms. The highest BCUT2D eigenvalue weighted by Gasteiger charge is 2.04. The van der Waals surface area contributed by atoms with Gasteiger partial charge < -0.3 is 9.84 Å². The van der Waals surface area contributed by atoms with Crippen molar-refractivity contribution in [1.29, 1.82) is 0 Å². The third-order valence-electron chi connectivity index (χ3n) is 5.06. The largest absolute Gasteiger partial charge is 0.462 e. The minimum absolute atomic E-state index is 0.0717. The molecule has 0 aromatic heterocycles. The fraction of sp³-hybridized carbons (Fsp3) is 0.870. The van der Waals surface area contributed by atoms with E-state index >= 15 is 0 Å². The summed E-state index contributed by atoms with van der Waals surface area (Å²) < 4.78 is 5.19. The zero-order chi connectivity index (χ0) is 19.5. The minimum Gasteiger partial charge on any atom is -0.462 e. The number of allylic oxidation sites excluding steroid dienone is 1. The molecule has 1 N–H and O–H groups in total. The van der Waals surface area contributed by atoms with Gasteiger partial charge in [-0.25, -0.2) is 4.79 Å². The Bertz CT molecular complexity index is 349. The van der Waals surface area contributed by atoms with Crippen LogP contribution in [0.3, 0.4) is 0 Å². The molecule has 0 aliphatic carbocycles. The summed E-state index contributed by atoms with van der Waals surface area (Å²) in [5.41, 5.74) is 0.689. The Labute approximate surface area is 162 Å². The molecule has 26 heavy (non-hydrogen) atoms. The van der Waals surface area contributed by atoms with E-state index < -0.39 is 0 Å². The van der Waals surface area contributed by atoms with Crippen molar-refractivity contribution in [2.45, 2.75) is 123 Å². The summed E-state index contributed by atoms with van der Waals surface area (Å²) in [6, 6.07) is 0. The molecule has 3 nitrogen and oxygen atoms in total. The summed E-state index contributed by atoms with van der Waals surface area (Å²) in [7, 11) is 0. The minimum atomic E-state index is -0.182. The molecule has 0 aromatic rings. The van der Waals surface area contributed by atoms with Crippen molar-refractivity contribution in [2.75, 3.05) is 6.61 Å². The maximum absolute atomic E-state index is 11.4. The van der Waals surface area contributed by atoms with Crippen LogP contribution in [-0.4, -0.2) is 23.8 Å². The Morgan fingerprint density at radius 1 is 0.846 bits per heavy atom. The first-order valence-electron chi connectivity index (χ1n) is 11.1. The molecule has 0 heterocycles. The van der Waals surface area contributed by atoms with Gasteiger partial charge in [0.05, 0.1) is 12.7 Å². The van der Waals surface area contributed by atoms with Crippen LogP contribution in [0.15, 0.2) is 11.6 Å². The second-order valence-corrected chi connectivity index (χ2v) is 7.58. The molecule has 0 saturated carbocycles. The van der Waals surface area contributed by atoms with E-state index in [0.29, 0.717) is 12.2 Å². The van der Waals surface area contributed by atoms with Crippen molar-refractivity contribution in [3.63, 3.8) is 0 Å². The Balaban J connectivity index is 3.23. The van der Waals surface area contributed by atoms with Gasteiger partial charge in [0.15, 0.2) is 0 Å². The number of rotatable bonds is 18. The number of hydrogen-bond donors (Lipinski definition) is 1. The number of carbonyl (C=O) groups excluding carboxylic acids is 1. The molecule has 1 atom stereocenters. The van der Waals surface area contributed by atoms with E-state index in [1.165, 1.54) is 70.6 Å². The lowest BCUT2D eigenvalue weighted by Crippen LogP contribution is -2.06. The molecule has 0 amide bonds. The first kappa shape index (κ1) is 25.2. The average Bonchev–Trinajstić information content (AvgIpc) is 2.65. The van der Waals surface area contributed by atoms with Crippen LogP contribution < -0.4 is 0 Å². The first-order valence-corrected chi connectivity index (χ1v) is 11.1. The maximum Gasteiger partial charge on any atom is 0.333 e. The highest BCUT2D eigenvalue weighted by Crippen LogP contribution is 2.14. The van der Waals surface area contributed by atoms with Crippen LogP contribution in [0.25, 0.3) is 0 Å². The van der Waals surface area contributed by atoms with Gasteiger partial charge in [0.1, 0.15) is 0 Å². The van der Waals surface area contributed by atoms with Gasteiger partial charge in [-0.05, 0) is 33.1 Å². The van der Waals surface area contributed by atoms with E-state index in [9.17, 15) is 9.90 Å². The normalized spacial score (nSPS) is 13.0. The second-order valence-electron chi connectivity index (χ2n) is 7.58. The standard InChI is InChI=1S/C23H44O3/c1-4-6-7-15-18-22(24)19-16-13-11-9-8-10-12-14-17-20-26-23(25)21(3)5-2/h5,22,24H,4,6-20H2,1-3H3. The lowest BCUT2D eigenvalue weighted by molar-refractivity contribution is -0.139. The average molecular weight is 369 g/mol. The van der Waals surface area contributed by atoms with E-state index in [1.807, 2.05) is 6.92 Å². The van der Waals surface area contributed by atoms with Gasteiger partial charge in [0, 0.05) is 5.57 Å². The van der Waals surface area contributed by atoms with Crippen molar-refractivity contribution < 1.29 is 14.6 Å². The lowest BCUT2D eigenvalue weighted by Gasteiger charge is -2.10. The lowest BCUT2D eigenvalue weighted by atomic mass is 10.0. The highest BCUT2D eigenvalue weighted by molar-refractivity contribution is 5.87. The van der Waals surface area contributed by atoms with E-state index in [-0.39, 0.29) is 12.1 Å². The molecule has 154 valence electrons. The van der Waals surface area contributed by atoms with E-state index in [2.05, 4.69) is 6.92 Å². The molecule has 0 saturated heterocycles. The predicted molar refractivity (Wildman–Crippen MR) is 111 cm³/mol. The summed E-state index contributed by atoms with van der Waals surface area (Å²) in [5.74, 6) is -0.182. The van der Waals surface area contributed by atoms with Gasteiger partial charge in [-0.2, -0.15) is 0 Å². The van der Waals surface area contributed by atoms with Crippen LogP contribution in [0.5, 0.6) is 0 Å². The fourth-order valence-corrected chi connectivity index (χ4v) is 3.07. The number of esters is 1. The van der Waals surface area contributed by atoms with Crippen LogP contribution in [0.1, 0.15) is 117 Å². The quantitative estimate of drug-likeness (QED) is 0.166. The van der Waals surface area contributed by atoms with Crippen molar-refractivity contribution in [3.8, 4) is 0 Å². The summed E-state index contributed by atoms with van der Waals surface area (Å²) in [4.78, 5) is 11.4. The smallest absolute Gasteiger partial charge is 0.333 e. The zero-order valence-corrected chi connectivity index (χ0v) is 17.7. The molecule has 0 aliphatic heterocycles. The number of aliphatic hydroxyl groups excluding tert-OH is 1. The van der Waals surface area contributed by atoms with Gasteiger partial charge in [0.25, 0.3) is 0 Å². The molecule has 0 spiro atoms. The topological polar surface area (TPSA) is 46.5 Å². The van der Waals surface area contributed by atoms with Crippen LogP contribution in [0.4, 0.5) is 0 Å². The molecular formula is C23H44O3. The number of aliphatic hydroxyl groups is 1. The maximum atomic E-state index is 11.4. The Kier molecular flexibility index (Phi) is 18.3. The zero-order valence-electron chi connectivity index (χ0n) is 17.7. The van der Waals surface area contributed by atoms with Crippen molar-refractivity contribution >= 4 is 5.97 Å². The number of ether oxygens (including phenoxy) is 1. The monoisotopic (exact) mass is 368 g/mol. The molecule has 1 unspecified atom stereocenters. The Morgan fingerprint density at radius 3 is 1.81 bits per heavy atom. The molecule has 0 radical (unpaired) electrons. The second kappa shape index (κ2) is 18.9. The SMILES string of the molecule is CC=C(C)C(=O)OCCCCCCCCCCCC(O)CCCCCC. The Hall–Kier alpha value is -0.830. The van der Waals surface area contributed by atoms with Crippen LogP contribution in [0.2, 0.25) is 0 Å². The van der Waals surface area contributed by atoms with Gasteiger partial charge >= 0.3 is 5.97 Å². The Morgan fingerprint density at radius 2 is 1.31 bits per heavy atom. The summed E-state index contributed by atoms with van der Waals surface area (Å²) >= 11 is 0. The molecule has 0 fully saturated rings. The van der Waals surface area contributed by atoms with Gasteiger partial charge in [-0.1, -0.05) is 90.0 Å². The highest BCUT2D eigenvalue weighted by atomic mass is 16.5. The molecular weight excluding hydrogens is 324 g/mol. The van der Waals surface area contributed by atoms with Crippen molar-refractivity contribution in [3.05, 3.63) is 11.6 Å². The fourth-order valence-electron chi connectivity index (χ4n) is 3.07. The van der Waals surface area contributed by atoms with Gasteiger partial charge in [0.2, 0.25) is 0 Å². The predicted octanol–water partition coefficient (Wildman–Crippen LogP) is 6.73. The molecule has 0 rings (SSSR count). The number of carbonyl (C=O) groups is 1. The summed E-state index contributed by atoms with van der Waals surface area (Å²) in [5, 5.41) is 9.94. The number of unbranched alkanes of at least 4 members (excludes halogenated alkanes) is 11. The van der Waals surface area contributed by atoms with E-state index in [4.69, 9.17) is 4.74 Å². The summed E-state index contributed by atoms with van der Waals surface area (Å²) in [6.45, 7) is 6.41.